The SMILES string of the molecule is CN1CC(N2CCC(c3cc(F)c4c(c3)Nc3nccc(-c5cnn(C)c5)c3CO4)CC2)C1. The van der Waals surface area contributed by atoms with Crippen molar-refractivity contribution in [3.63, 3.8) is 0 Å². The molecule has 7 nitrogen and oxygen atoms in total. The van der Waals surface area contributed by atoms with Crippen LogP contribution in [0.5, 0.6) is 5.75 Å². The number of hydrogen-bond donors (Lipinski definition) is 1. The van der Waals surface area contributed by atoms with Crippen LogP contribution in [0.25, 0.3) is 11.1 Å². The van der Waals surface area contributed by atoms with E-state index in [1.807, 2.05) is 25.5 Å². The van der Waals surface area contributed by atoms with Gasteiger partial charge in [-0.05, 0) is 68.2 Å². The van der Waals surface area contributed by atoms with Crippen LogP contribution in [0.2, 0.25) is 0 Å². The molecule has 0 amide bonds. The third-order valence-electron chi connectivity index (χ3n) is 7.31. The number of ether oxygens (including phenoxy) is 1. The van der Waals surface area contributed by atoms with Crippen molar-refractivity contribution in [3.8, 4) is 16.9 Å². The van der Waals surface area contributed by atoms with E-state index in [2.05, 4.69) is 38.3 Å². The highest BCUT2D eigenvalue weighted by atomic mass is 19.1. The summed E-state index contributed by atoms with van der Waals surface area (Å²) in [5.41, 5.74) is 4.57. The molecule has 0 aliphatic carbocycles. The summed E-state index contributed by atoms with van der Waals surface area (Å²) >= 11 is 0. The fraction of sp³-hybridized carbons (Fsp3) is 0.440. The van der Waals surface area contributed by atoms with Crippen LogP contribution in [0.1, 0.15) is 29.9 Å². The minimum atomic E-state index is -0.311. The van der Waals surface area contributed by atoms with Gasteiger partial charge in [-0.1, -0.05) is 0 Å². The molecule has 172 valence electrons. The van der Waals surface area contributed by atoms with Gasteiger partial charge >= 0.3 is 0 Å². The first-order valence-corrected chi connectivity index (χ1v) is 11.7. The van der Waals surface area contributed by atoms with Crippen molar-refractivity contribution in [2.75, 3.05) is 38.5 Å². The van der Waals surface area contributed by atoms with Gasteiger partial charge in [0.1, 0.15) is 12.4 Å². The number of aromatic nitrogens is 3. The Hall–Kier alpha value is -2.97. The van der Waals surface area contributed by atoms with Crippen molar-refractivity contribution in [3.05, 3.63) is 53.7 Å². The van der Waals surface area contributed by atoms with Gasteiger partial charge in [0.05, 0.1) is 11.9 Å². The van der Waals surface area contributed by atoms with Gasteiger partial charge in [-0.2, -0.15) is 5.10 Å². The lowest BCUT2D eigenvalue weighted by Gasteiger charge is -2.46. The molecule has 0 bridgehead atoms. The first-order valence-electron chi connectivity index (χ1n) is 11.7. The standard InChI is InChI=1S/C25H29FN6O/c1-30-13-19(14-30)32-7-4-16(5-8-32)17-9-22(26)24-23(10-17)29-25-21(15-33-24)20(3-6-27-25)18-11-28-31(2)12-18/h3,6,9-12,16,19H,4-5,7-8,13-15H2,1-2H3,(H,27,29). The van der Waals surface area contributed by atoms with Gasteiger partial charge in [-0.15, -0.1) is 0 Å². The molecule has 6 rings (SSSR count). The number of likely N-dealkylation sites (tertiary alicyclic amines) is 2. The fourth-order valence-corrected chi connectivity index (χ4v) is 5.43. The predicted octanol–water partition coefficient (Wildman–Crippen LogP) is 3.75. The van der Waals surface area contributed by atoms with E-state index in [1.54, 1.807) is 16.9 Å². The van der Waals surface area contributed by atoms with E-state index < -0.39 is 0 Å². The maximum absolute atomic E-state index is 15.2. The summed E-state index contributed by atoms with van der Waals surface area (Å²) in [5, 5.41) is 7.65. The molecule has 0 radical (unpaired) electrons. The monoisotopic (exact) mass is 448 g/mol. The van der Waals surface area contributed by atoms with Crippen LogP contribution in [0.4, 0.5) is 15.9 Å². The van der Waals surface area contributed by atoms with Crippen LogP contribution in [-0.2, 0) is 13.7 Å². The predicted molar refractivity (Wildman–Crippen MR) is 125 cm³/mol. The highest BCUT2D eigenvalue weighted by Crippen LogP contribution is 2.41. The zero-order chi connectivity index (χ0) is 22.5. The zero-order valence-corrected chi connectivity index (χ0v) is 19.1. The van der Waals surface area contributed by atoms with Crippen LogP contribution in [-0.4, -0.2) is 63.8 Å². The minimum Gasteiger partial charge on any atom is -0.483 e. The Kier molecular flexibility index (Phi) is 5.07. The number of anilines is 2. The van der Waals surface area contributed by atoms with Crippen LogP contribution in [0, 0.1) is 5.82 Å². The number of nitrogens with one attached hydrogen (secondary N) is 1. The van der Waals surface area contributed by atoms with Gasteiger partial charge in [0.25, 0.3) is 0 Å². The normalized spacial score (nSPS) is 19.7. The minimum absolute atomic E-state index is 0.248. The van der Waals surface area contributed by atoms with Gasteiger partial charge in [-0.25, -0.2) is 9.37 Å². The Morgan fingerprint density at radius 1 is 1.15 bits per heavy atom. The highest BCUT2D eigenvalue weighted by Gasteiger charge is 2.33. The molecule has 0 saturated carbocycles. The largest absolute Gasteiger partial charge is 0.483 e. The van der Waals surface area contributed by atoms with E-state index in [0.29, 0.717) is 23.5 Å². The Balaban J connectivity index is 1.25. The second kappa shape index (κ2) is 8.11. The van der Waals surface area contributed by atoms with Crippen molar-refractivity contribution < 1.29 is 9.13 Å². The average molecular weight is 449 g/mol. The van der Waals surface area contributed by atoms with E-state index in [-0.39, 0.29) is 18.2 Å². The quantitative estimate of drug-likeness (QED) is 0.659. The van der Waals surface area contributed by atoms with Gasteiger partial charge in [0.15, 0.2) is 11.6 Å². The van der Waals surface area contributed by atoms with E-state index in [4.69, 9.17) is 4.74 Å². The molecule has 0 atom stereocenters. The van der Waals surface area contributed by atoms with Crippen LogP contribution in [0.15, 0.2) is 36.8 Å². The third-order valence-corrected chi connectivity index (χ3v) is 7.31. The summed E-state index contributed by atoms with van der Waals surface area (Å²) in [6.07, 6.45) is 7.66. The average Bonchev–Trinajstić information content (AvgIpc) is 3.13. The smallest absolute Gasteiger partial charge is 0.178 e. The van der Waals surface area contributed by atoms with Crippen molar-refractivity contribution in [2.24, 2.45) is 7.05 Å². The van der Waals surface area contributed by atoms with E-state index >= 15 is 4.39 Å². The van der Waals surface area contributed by atoms with Gasteiger partial charge in [0.2, 0.25) is 0 Å². The number of rotatable bonds is 3. The molecule has 2 aromatic heterocycles. The van der Waals surface area contributed by atoms with Gasteiger partial charge < -0.3 is 15.0 Å². The van der Waals surface area contributed by atoms with Gasteiger partial charge in [-0.3, -0.25) is 9.58 Å². The van der Waals surface area contributed by atoms with Crippen LogP contribution >= 0.6 is 0 Å². The van der Waals surface area contributed by atoms with E-state index in [1.165, 1.54) is 0 Å². The number of fused-ring (bicyclic) bond motifs is 2. The fourth-order valence-electron chi connectivity index (χ4n) is 5.43. The molecule has 1 N–H and O–H groups in total. The summed E-state index contributed by atoms with van der Waals surface area (Å²) in [4.78, 5) is 9.49. The molecule has 0 spiro atoms. The van der Waals surface area contributed by atoms with Crippen molar-refractivity contribution in [1.29, 1.82) is 0 Å². The number of benzene rings is 1. The second-order valence-corrected chi connectivity index (χ2v) is 9.57. The lowest BCUT2D eigenvalue weighted by molar-refractivity contribution is 0.0363. The van der Waals surface area contributed by atoms with E-state index in [9.17, 15) is 0 Å². The summed E-state index contributed by atoms with van der Waals surface area (Å²) in [6.45, 7) is 4.72. The Labute approximate surface area is 193 Å². The maximum Gasteiger partial charge on any atom is 0.178 e. The number of nitrogens with zero attached hydrogens (tertiary/aromatic N) is 5. The summed E-state index contributed by atoms with van der Waals surface area (Å²) in [7, 11) is 4.06. The molecular formula is C25H29FN6O. The molecule has 2 fully saturated rings. The van der Waals surface area contributed by atoms with Crippen LogP contribution < -0.4 is 10.1 Å². The number of piperidine rings is 1. The van der Waals surface area contributed by atoms with Crippen LogP contribution in [0.3, 0.4) is 0 Å². The first kappa shape index (κ1) is 20.6. The number of pyridine rings is 1. The Morgan fingerprint density at radius 3 is 2.70 bits per heavy atom. The lowest BCUT2D eigenvalue weighted by Crippen LogP contribution is -2.59. The number of likely N-dealkylation sites (N-methyl/N-ethyl adjacent to an activating group) is 1. The molecule has 5 heterocycles. The van der Waals surface area contributed by atoms with Gasteiger partial charge in [0, 0.05) is 49.7 Å². The molecule has 3 aliphatic rings. The molecule has 2 saturated heterocycles. The number of halogens is 1. The topological polar surface area (TPSA) is 58.5 Å². The molecule has 33 heavy (non-hydrogen) atoms. The summed E-state index contributed by atoms with van der Waals surface area (Å²) in [6, 6.07) is 6.37. The second-order valence-electron chi connectivity index (χ2n) is 9.57. The Bertz CT molecular complexity index is 1180. The maximum atomic E-state index is 15.2. The number of aryl methyl sites for hydroxylation is 1. The molecular weight excluding hydrogens is 419 g/mol. The molecule has 3 aromatic rings. The molecule has 3 aliphatic heterocycles. The lowest BCUT2D eigenvalue weighted by atomic mass is 9.87. The van der Waals surface area contributed by atoms with Crippen molar-refractivity contribution in [1.82, 2.24) is 24.6 Å². The molecule has 0 unspecified atom stereocenters. The molecule has 1 aromatic carbocycles. The zero-order valence-electron chi connectivity index (χ0n) is 19.1. The van der Waals surface area contributed by atoms with Crippen molar-refractivity contribution in [2.45, 2.75) is 31.4 Å². The highest BCUT2D eigenvalue weighted by molar-refractivity contribution is 5.76. The third kappa shape index (κ3) is 3.77. The summed E-state index contributed by atoms with van der Waals surface area (Å²) in [5.74, 6) is 1.02. The summed E-state index contributed by atoms with van der Waals surface area (Å²) < 4.78 is 23.0. The van der Waals surface area contributed by atoms with E-state index in [0.717, 1.165) is 61.3 Å². The Morgan fingerprint density at radius 2 is 1.97 bits per heavy atom. The van der Waals surface area contributed by atoms with Crippen molar-refractivity contribution >= 4 is 11.5 Å². The number of hydrogen-bond acceptors (Lipinski definition) is 6. The molecule has 8 heteroatoms. The first-order chi connectivity index (χ1) is 16.0.